The third-order valence-electron chi connectivity index (χ3n) is 6.56. The third kappa shape index (κ3) is 4.38. The number of nitrogens with one attached hydrogen (secondary N) is 1. The molecule has 9 nitrogen and oxygen atoms in total. The Kier molecular flexibility index (Phi) is 6.39. The van der Waals surface area contributed by atoms with Crippen molar-refractivity contribution in [3.63, 3.8) is 0 Å². The van der Waals surface area contributed by atoms with Crippen LogP contribution in [0.15, 0.2) is 43.1 Å². The van der Waals surface area contributed by atoms with Crippen molar-refractivity contribution in [2.75, 3.05) is 39.4 Å². The van der Waals surface area contributed by atoms with Crippen molar-refractivity contribution in [2.24, 2.45) is 0 Å². The maximum atomic E-state index is 5.85. The molecule has 0 aliphatic carbocycles. The summed E-state index contributed by atoms with van der Waals surface area (Å²) in [5.41, 5.74) is 4.49. The van der Waals surface area contributed by atoms with E-state index in [0.29, 0.717) is 0 Å². The lowest BCUT2D eigenvalue weighted by atomic mass is 9.96. The van der Waals surface area contributed by atoms with Crippen molar-refractivity contribution in [3.8, 4) is 0 Å². The fourth-order valence-corrected chi connectivity index (χ4v) is 5.34. The average molecular weight is 467 g/mol. The van der Waals surface area contributed by atoms with E-state index in [0.717, 1.165) is 68.0 Å². The standard InChI is InChI=1S/C23H30N8OS/c1-17-14-19(18(2)31(17)29-15-25-26-16-29)22-21(20-6-3-4-7-24-20)27-23(33)30(22)9-5-8-28-10-12-32-13-11-28/h3-4,6-7,14-16,21-22H,5,8-13H2,1-2H3,(H,27,33)/t21-,22-/m1/s1. The van der Waals surface area contributed by atoms with Gasteiger partial charge in [0.05, 0.1) is 31.0 Å². The zero-order chi connectivity index (χ0) is 22.8. The van der Waals surface area contributed by atoms with E-state index in [1.807, 2.05) is 23.0 Å². The smallest absolute Gasteiger partial charge is 0.170 e. The second-order valence-corrected chi connectivity index (χ2v) is 8.99. The van der Waals surface area contributed by atoms with Crippen molar-refractivity contribution in [3.05, 3.63) is 65.8 Å². The first-order valence-corrected chi connectivity index (χ1v) is 11.9. The molecule has 5 heterocycles. The molecule has 0 aromatic carbocycles. The average Bonchev–Trinajstić information content (AvgIpc) is 3.54. The van der Waals surface area contributed by atoms with Crippen LogP contribution in [0.2, 0.25) is 0 Å². The molecule has 0 bridgehead atoms. The van der Waals surface area contributed by atoms with Crippen LogP contribution in [0.5, 0.6) is 0 Å². The van der Waals surface area contributed by atoms with Gasteiger partial charge in [0.25, 0.3) is 0 Å². The van der Waals surface area contributed by atoms with Crippen LogP contribution in [0.4, 0.5) is 0 Å². The summed E-state index contributed by atoms with van der Waals surface area (Å²) in [6.07, 6.45) is 6.32. The van der Waals surface area contributed by atoms with Gasteiger partial charge in [-0.2, -0.15) is 0 Å². The molecule has 2 fully saturated rings. The molecular formula is C23H30N8OS. The maximum absolute atomic E-state index is 5.85. The van der Waals surface area contributed by atoms with Gasteiger partial charge in [-0.1, -0.05) is 6.07 Å². The highest BCUT2D eigenvalue weighted by Crippen LogP contribution is 2.40. The van der Waals surface area contributed by atoms with Crippen LogP contribution in [0, 0.1) is 13.8 Å². The van der Waals surface area contributed by atoms with Crippen LogP contribution in [0.25, 0.3) is 0 Å². The van der Waals surface area contributed by atoms with Crippen molar-refractivity contribution < 1.29 is 4.74 Å². The summed E-state index contributed by atoms with van der Waals surface area (Å²) in [6, 6.07) is 8.34. The van der Waals surface area contributed by atoms with E-state index < -0.39 is 0 Å². The number of thiocarbonyl (C=S) groups is 1. The Bertz CT molecular complexity index is 1080. The van der Waals surface area contributed by atoms with E-state index in [1.165, 1.54) is 5.56 Å². The van der Waals surface area contributed by atoms with Crippen LogP contribution < -0.4 is 5.32 Å². The first-order chi connectivity index (χ1) is 16.1. The van der Waals surface area contributed by atoms with Gasteiger partial charge in [0.15, 0.2) is 5.11 Å². The summed E-state index contributed by atoms with van der Waals surface area (Å²) >= 11 is 5.85. The Morgan fingerprint density at radius 3 is 2.64 bits per heavy atom. The molecular weight excluding hydrogens is 436 g/mol. The second kappa shape index (κ2) is 9.58. The lowest BCUT2D eigenvalue weighted by Crippen LogP contribution is -2.39. The Hall–Kier alpha value is -2.82. The van der Waals surface area contributed by atoms with Crippen molar-refractivity contribution in [1.82, 2.24) is 39.7 Å². The lowest BCUT2D eigenvalue weighted by Gasteiger charge is -2.30. The SMILES string of the molecule is Cc1cc([C@@H]2[C@@H](c3ccccn3)NC(=S)N2CCCN2CCOCC2)c(C)n1-n1cnnc1. The van der Waals surface area contributed by atoms with E-state index in [2.05, 4.69) is 61.0 Å². The minimum Gasteiger partial charge on any atom is -0.379 e. The number of nitrogens with zero attached hydrogens (tertiary/aromatic N) is 7. The van der Waals surface area contributed by atoms with Crippen LogP contribution in [0.3, 0.4) is 0 Å². The molecule has 0 saturated carbocycles. The van der Waals surface area contributed by atoms with Gasteiger partial charge in [0, 0.05) is 49.3 Å². The van der Waals surface area contributed by atoms with E-state index in [9.17, 15) is 0 Å². The van der Waals surface area contributed by atoms with Crippen LogP contribution >= 0.6 is 12.2 Å². The summed E-state index contributed by atoms with van der Waals surface area (Å²) in [6.45, 7) is 9.83. The summed E-state index contributed by atoms with van der Waals surface area (Å²) in [5.74, 6) is 0. The first-order valence-electron chi connectivity index (χ1n) is 11.5. The molecule has 3 aromatic heterocycles. The van der Waals surface area contributed by atoms with E-state index in [1.54, 1.807) is 12.7 Å². The molecule has 33 heavy (non-hydrogen) atoms. The highest BCUT2D eigenvalue weighted by molar-refractivity contribution is 7.80. The van der Waals surface area contributed by atoms with Crippen LogP contribution in [-0.2, 0) is 4.74 Å². The minimum absolute atomic E-state index is 0.0167. The normalized spacial score (nSPS) is 21.5. The van der Waals surface area contributed by atoms with Crippen molar-refractivity contribution in [2.45, 2.75) is 32.4 Å². The summed E-state index contributed by atoms with van der Waals surface area (Å²) < 4.78 is 9.54. The van der Waals surface area contributed by atoms with Gasteiger partial charge in [-0.15, -0.1) is 10.2 Å². The predicted molar refractivity (Wildman–Crippen MR) is 129 cm³/mol. The second-order valence-electron chi connectivity index (χ2n) is 8.61. The number of morpholine rings is 1. The minimum atomic E-state index is -0.0167. The fraction of sp³-hybridized carbons (Fsp3) is 0.478. The number of hydrogen-bond acceptors (Lipinski definition) is 6. The van der Waals surface area contributed by atoms with Crippen molar-refractivity contribution >= 4 is 17.3 Å². The molecule has 2 atom stereocenters. The molecule has 0 amide bonds. The Morgan fingerprint density at radius 2 is 1.91 bits per heavy atom. The first kappa shape index (κ1) is 22.0. The molecule has 2 aliphatic heterocycles. The molecule has 0 spiro atoms. The molecule has 10 heteroatoms. The van der Waals surface area contributed by atoms with Crippen LogP contribution in [0.1, 0.15) is 41.1 Å². The Morgan fingerprint density at radius 1 is 1.12 bits per heavy atom. The summed E-state index contributed by atoms with van der Waals surface area (Å²) in [7, 11) is 0. The topological polar surface area (TPSA) is 76.3 Å². The maximum Gasteiger partial charge on any atom is 0.170 e. The highest BCUT2D eigenvalue weighted by Gasteiger charge is 2.41. The quantitative estimate of drug-likeness (QED) is 0.531. The van der Waals surface area contributed by atoms with E-state index in [4.69, 9.17) is 17.0 Å². The van der Waals surface area contributed by atoms with E-state index in [-0.39, 0.29) is 12.1 Å². The number of rotatable bonds is 7. The summed E-state index contributed by atoms with van der Waals surface area (Å²) in [4.78, 5) is 9.48. The predicted octanol–water partition coefficient (Wildman–Crippen LogP) is 2.10. The number of aryl methyl sites for hydroxylation is 1. The zero-order valence-electron chi connectivity index (χ0n) is 19.1. The van der Waals surface area contributed by atoms with Gasteiger partial charge in [0.2, 0.25) is 0 Å². The molecule has 2 aliphatic rings. The highest BCUT2D eigenvalue weighted by atomic mass is 32.1. The van der Waals surface area contributed by atoms with Gasteiger partial charge >= 0.3 is 0 Å². The summed E-state index contributed by atoms with van der Waals surface area (Å²) in [5, 5.41) is 12.3. The zero-order valence-corrected chi connectivity index (χ0v) is 19.9. The molecule has 0 radical (unpaired) electrons. The van der Waals surface area contributed by atoms with Crippen molar-refractivity contribution in [1.29, 1.82) is 0 Å². The molecule has 3 aromatic rings. The lowest BCUT2D eigenvalue weighted by molar-refractivity contribution is 0.0365. The molecule has 5 rings (SSSR count). The van der Waals surface area contributed by atoms with E-state index >= 15 is 0 Å². The molecule has 1 N–H and O–H groups in total. The number of pyridine rings is 1. The number of hydrogen-bond donors (Lipinski definition) is 1. The van der Waals surface area contributed by atoms with Gasteiger partial charge < -0.3 is 15.0 Å². The third-order valence-corrected chi connectivity index (χ3v) is 6.92. The Labute approximate surface area is 199 Å². The van der Waals surface area contributed by atoms with Gasteiger partial charge in [0.1, 0.15) is 12.7 Å². The van der Waals surface area contributed by atoms with Gasteiger partial charge in [-0.3, -0.25) is 14.6 Å². The Balaban J connectivity index is 1.45. The number of aromatic nitrogens is 5. The van der Waals surface area contributed by atoms with Gasteiger partial charge in [-0.25, -0.2) is 4.68 Å². The molecule has 0 unspecified atom stereocenters. The largest absolute Gasteiger partial charge is 0.379 e. The fourth-order valence-electron chi connectivity index (χ4n) is 5.01. The molecule has 174 valence electrons. The monoisotopic (exact) mass is 466 g/mol. The van der Waals surface area contributed by atoms with Gasteiger partial charge in [-0.05, 0) is 50.7 Å². The molecule has 2 saturated heterocycles. The van der Waals surface area contributed by atoms with Crippen LogP contribution in [-0.4, -0.2) is 78.8 Å². The number of ether oxygens (including phenoxy) is 1.